The third-order valence-corrected chi connectivity index (χ3v) is 4.30. The topological polar surface area (TPSA) is 84.2 Å². The summed E-state index contributed by atoms with van der Waals surface area (Å²) in [5, 5.41) is 5.53. The van der Waals surface area contributed by atoms with E-state index in [2.05, 4.69) is 17.6 Å². The van der Waals surface area contributed by atoms with E-state index in [0.717, 1.165) is 19.4 Å². The Bertz CT molecular complexity index is 344. The van der Waals surface area contributed by atoms with Gasteiger partial charge in [0.05, 0.1) is 12.6 Å². The number of hydrogen-bond acceptors (Lipinski definition) is 3. The Morgan fingerprint density at radius 3 is 2.29 bits per heavy atom. The van der Waals surface area contributed by atoms with E-state index >= 15 is 0 Å². The van der Waals surface area contributed by atoms with Gasteiger partial charge in [-0.1, -0.05) is 33.6 Å². The maximum absolute atomic E-state index is 11.8. The molecule has 0 radical (unpaired) electrons. The first-order chi connectivity index (χ1) is 9.40. The predicted octanol–water partition coefficient (Wildman–Crippen LogP) is 1.59. The lowest BCUT2D eigenvalue weighted by Gasteiger charge is -2.42. The molecular formula is C15H30ClN3O2. The summed E-state index contributed by atoms with van der Waals surface area (Å²) < 4.78 is 0. The van der Waals surface area contributed by atoms with E-state index in [1.165, 1.54) is 19.3 Å². The summed E-state index contributed by atoms with van der Waals surface area (Å²) in [6.45, 7) is 6.69. The van der Waals surface area contributed by atoms with E-state index in [1.54, 1.807) is 0 Å². The van der Waals surface area contributed by atoms with E-state index in [-0.39, 0.29) is 36.7 Å². The minimum atomic E-state index is -0.555. The fourth-order valence-corrected chi connectivity index (χ4v) is 2.66. The molecule has 1 atom stereocenters. The summed E-state index contributed by atoms with van der Waals surface area (Å²) in [7, 11) is 0. The summed E-state index contributed by atoms with van der Waals surface area (Å²) >= 11 is 0. The molecule has 0 aromatic rings. The van der Waals surface area contributed by atoms with Gasteiger partial charge >= 0.3 is 0 Å². The highest BCUT2D eigenvalue weighted by Crippen LogP contribution is 2.44. The molecule has 2 amide bonds. The SMILES string of the molecule is CCCC1(CNC(=O)CNC(=O)[C@@H](N)C(C)C)CCC1.Cl. The Hall–Kier alpha value is -0.810. The second-order valence-corrected chi connectivity index (χ2v) is 6.37. The molecule has 5 nitrogen and oxygen atoms in total. The summed E-state index contributed by atoms with van der Waals surface area (Å²) in [6.07, 6.45) is 5.97. The zero-order valence-electron chi connectivity index (χ0n) is 13.4. The van der Waals surface area contributed by atoms with Crippen LogP contribution in [0.15, 0.2) is 0 Å². The average Bonchev–Trinajstić information content (AvgIpc) is 2.37. The van der Waals surface area contributed by atoms with Crippen LogP contribution in [0.25, 0.3) is 0 Å². The minimum absolute atomic E-state index is 0. The fourth-order valence-electron chi connectivity index (χ4n) is 2.66. The molecule has 0 unspecified atom stereocenters. The Morgan fingerprint density at radius 2 is 1.86 bits per heavy atom. The van der Waals surface area contributed by atoms with Crippen molar-refractivity contribution in [1.82, 2.24) is 10.6 Å². The van der Waals surface area contributed by atoms with Gasteiger partial charge in [0, 0.05) is 6.54 Å². The molecule has 1 rings (SSSR count). The van der Waals surface area contributed by atoms with Gasteiger partial charge in [0.1, 0.15) is 0 Å². The number of carbonyl (C=O) groups is 2. The quantitative estimate of drug-likeness (QED) is 0.635. The van der Waals surface area contributed by atoms with Gasteiger partial charge in [0.2, 0.25) is 11.8 Å². The van der Waals surface area contributed by atoms with Gasteiger partial charge in [0.25, 0.3) is 0 Å². The van der Waals surface area contributed by atoms with Gasteiger partial charge in [-0.2, -0.15) is 0 Å². The largest absolute Gasteiger partial charge is 0.354 e. The maximum atomic E-state index is 11.8. The first-order valence-corrected chi connectivity index (χ1v) is 7.70. The second kappa shape index (κ2) is 9.26. The maximum Gasteiger partial charge on any atom is 0.239 e. The average molecular weight is 320 g/mol. The molecule has 6 heteroatoms. The Morgan fingerprint density at radius 1 is 1.24 bits per heavy atom. The molecule has 0 saturated heterocycles. The number of nitrogens with one attached hydrogen (secondary N) is 2. The van der Waals surface area contributed by atoms with Crippen molar-refractivity contribution in [3.8, 4) is 0 Å². The highest BCUT2D eigenvalue weighted by molar-refractivity contribution is 5.87. The van der Waals surface area contributed by atoms with Crippen molar-refractivity contribution in [3.63, 3.8) is 0 Å². The van der Waals surface area contributed by atoms with Crippen LogP contribution < -0.4 is 16.4 Å². The van der Waals surface area contributed by atoms with Crippen LogP contribution >= 0.6 is 12.4 Å². The van der Waals surface area contributed by atoms with Crippen molar-refractivity contribution in [3.05, 3.63) is 0 Å². The van der Waals surface area contributed by atoms with Gasteiger partial charge in [-0.3, -0.25) is 9.59 Å². The Balaban J connectivity index is 0.00000400. The van der Waals surface area contributed by atoms with E-state index in [1.807, 2.05) is 13.8 Å². The van der Waals surface area contributed by atoms with Gasteiger partial charge in [-0.05, 0) is 30.6 Å². The molecule has 0 spiro atoms. The van der Waals surface area contributed by atoms with E-state index in [0.29, 0.717) is 5.41 Å². The van der Waals surface area contributed by atoms with Crippen molar-refractivity contribution in [2.24, 2.45) is 17.1 Å². The van der Waals surface area contributed by atoms with Gasteiger partial charge in [-0.25, -0.2) is 0 Å². The Labute approximate surface area is 134 Å². The monoisotopic (exact) mass is 319 g/mol. The number of hydrogen-bond donors (Lipinski definition) is 3. The molecule has 0 heterocycles. The van der Waals surface area contributed by atoms with Crippen molar-refractivity contribution in [2.75, 3.05) is 13.1 Å². The highest BCUT2D eigenvalue weighted by Gasteiger charge is 2.35. The highest BCUT2D eigenvalue weighted by atomic mass is 35.5. The summed E-state index contributed by atoms with van der Waals surface area (Å²) in [5.41, 5.74) is 6.02. The van der Waals surface area contributed by atoms with Crippen LogP contribution in [0.1, 0.15) is 52.9 Å². The molecular weight excluding hydrogens is 290 g/mol. The van der Waals surface area contributed by atoms with Crippen LogP contribution in [0, 0.1) is 11.3 Å². The lowest BCUT2D eigenvalue weighted by Crippen LogP contribution is -2.49. The zero-order chi connectivity index (χ0) is 15.2. The van der Waals surface area contributed by atoms with Crippen LogP contribution in [0.5, 0.6) is 0 Å². The van der Waals surface area contributed by atoms with Crippen molar-refractivity contribution < 1.29 is 9.59 Å². The van der Waals surface area contributed by atoms with Crippen LogP contribution in [0.4, 0.5) is 0 Å². The second-order valence-electron chi connectivity index (χ2n) is 6.37. The minimum Gasteiger partial charge on any atom is -0.354 e. The van der Waals surface area contributed by atoms with Crippen LogP contribution in [0.2, 0.25) is 0 Å². The van der Waals surface area contributed by atoms with Crippen molar-refractivity contribution in [1.29, 1.82) is 0 Å². The van der Waals surface area contributed by atoms with Gasteiger partial charge < -0.3 is 16.4 Å². The normalized spacial score (nSPS) is 17.4. The number of carbonyl (C=O) groups excluding carboxylic acids is 2. The zero-order valence-corrected chi connectivity index (χ0v) is 14.2. The third-order valence-electron chi connectivity index (χ3n) is 4.30. The number of rotatable bonds is 8. The molecule has 0 bridgehead atoms. The van der Waals surface area contributed by atoms with E-state index < -0.39 is 6.04 Å². The Kier molecular flexibility index (Phi) is 8.90. The van der Waals surface area contributed by atoms with E-state index in [4.69, 9.17) is 5.73 Å². The van der Waals surface area contributed by atoms with Crippen LogP contribution in [0.3, 0.4) is 0 Å². The fraction of sp³-hybridized carbons (Fsp3) is 0.867. The molecule has 21 heavy (non-hydrogen) atoms. The first-order valence-electron chi connectivity index (χ1n) is 7.70. The van der Waals surface area contributed by atoms with E-state index in [9.17, 15) is 9.59 Å². The lowest BCUT2D eigenvalue weighted by molar-refractivity contribution is -0.127. The van der Waals surface area contributed by atoms with Gasteiger partial charge in [-0.15, -0.1) is 12.4 Å². The molecule has 124 valence electrons. The molecule has 0 aromatic heterocycles. The van der Waals surface area contributed by atoms with Gasteiger partial charge in [0.15, 0.2) is 0 Å². The van der Waals surface area contributed by atoms with Crippen molar-refractivity contribution in [2.45, 2.75) is 58.9 Å². The lowest BCUT2D eigenvalue weighted by atomic mass is 9.66. The smallest absolute Gasteiger partial charge is 0.239 e. The summed E-state index contributed by atoms with van der Waals surface area (Å²) in [4.78, 5) is 23.4. The summed E-state index contributed by atoms with van der Waals surface area (Å²) in [6, 6.07) is -0.555. The summed E-state index contributed by atoms with van der Waals surface area (Å²) in [5.74, 6) is -0.320. The molecule has 0 aromatic carbocycles. The molecule has 1 aliphatic rings. The van der Waals surface area contributed by atoms with Crippen LogP contribution in [-0.2, 0) is 9.59 Å². The third kappa shape index (κ3) is 6.22. The first kappa shape index (κ1) is 20.2. The van der Waals surface area contributed by atoms with Crippen molar-refractivity contribution >= 4 is 24.2 Å². The van der Waals surface area contributed by atoms with Crippen LogP contribution in [-0.4, -0.2) is 30.9 Å². The predicted molar refractivity (Wildman–Crippen MR) is 87.3 cm³/mol. The molecule has 1 aliphatic carbocycles. The standard InChI is InChI=1S/C15H29N3O2.ClH/c1-4-6-15(7-5-8-15)10-18-12(19)9-17-14(20)13(16)11(2)3;/h11,13H,4-10,16H2,1-3H3,(H,17,20)(H,18,19);1H/t13-;/m0./s1. The number of amides is 2. The molecule has 0 aliphatic heterocycles. The molecule has 4 N–H and O–H groups in total. The molecule has 1 saturated carbocycles. The number of nitrogens with two attached hydrogens (primary N) is 1. The number of halogens is 1. The molecule has 1 fully saturated rings.